The Morgan fingerprint density at radius 3 is 1.90 bits per heavy atom. The molecule has 0 saturated heterocycles. The van der Waals surface area contributed by atoms with Crippen molar-refractivity contribution in [1.29, 1.82) is 0 Å². The van der Waals surface area contributed by atoms with Crippen LogP contribution < -0.4 is 0 Å². The molecule has 0 fully saturated rings. The van der Waals surface area contributed by atoms with Crippen molar-refractivity contribution in [1.82, 2.24) is 0 Å². The smallest absolute Gasteiger partial charge is 0.377 e. The van der Waals surface area contributed by atoms with Crippen LogP contribution in [0.5, 0.6) is 0 Å². The monoisotopic (exact) mass is 350 g/mol. The van der Waals surface area contributed by atoms with E-state index in [1.165, 1.54) is 0 Å². The molecule has 0 aromatic rings. The number of unbranched alkanes of at least 4 members (excludes halogenated alkanes) is 1. The number of rotatable bonds is 12. The summed E-state index contributed by atoms with van der Waals surface area (Å²) in [6.45, 7) is 10.1. The van der Waals surface area contributed by atoms with Crippen LogP contribution >= 0.6 is 24.8 Å². The number of quaternary nitrogens is 1. The normalized spacial score (nSPS) is 12.2. The quantitative estimate of drug-likeness (QED) is 0.146. The Labute approximate surface area is 141 Å². The molecule has 0 aromatic carbocycles. The lowest BCUT2D eigenvalue weighted by atomic mass is 10.2. The third-order valence-corrected chi connectivity index (χ3v) is 7.26. The second-order valence-electron chi connectivity index (χ2n) is 4.85. The summed E-state index contributed by atoms with van der Waals surface area (Å²) < 4.78 is 17.6. The third kappa shape index (κ3) is 6.31. The van der Waals surface area contributed by atoms with Crippen molar-refractivity contribution in [3.63, 3.8) is 0 Å². The van der Waals surface area contributed by atoms with Crippen molar-refractivity contribution in [2.24, 2.45) is 0 Å². The van der Waals surface area contributed by atoms with E-state index in [2.05, 4.69) is 25.8 Å². The van der Waals surface area contributed by atoms with E-state index in [9.17, 15) is 0 Å². The average Bonchev–Trinajstić information content (AvgIpc) is 2.48. The van der Waals surface area contributed by atoms with Gasteiger partial charge in [0.15, 0.2) is 0 Å². The molecular formula is C14H28NO3S2Si+. The summed E-state index contributed by atoms with van der Waals surface area (Å²) in [5, 5.41) is 0. The number of thiol groups is 1. The van der Waals surface area contributed by atoms with Crippen LogP contribution in [0.3, 0.4) is 0 Å². The summed E-state index contributed by atoms with van der Waals surface area (Å²) in [5.41, 5.74) is 0. The molecule has 0 aliphatic carbocycles. The molecule has 0 saturated carbocycles. The lowest BCUT2D eigenvalue weighted by Gasteiger charge is -2.35. The van der Waals surface area contributed by atoms with Crippen LogP contribution in [0, 0.1) is 0 Å². The molecule has 4 nitrogen and oxygen atoms in total. The number of nitrogens with zero attached hydrogens (tertiary/aromatic N) is 1. The van der Waals surface area contributed by atoms with Crippen molar-refractivity contribution in [2.45, 2.75) is 18.9 Å². The lowest BCUT2D eigenvalue weighted by molar-refractivity contribution is -0.823. The van der Waals surface area contributed by atoms with Gasteiger partial charge in [-0.2, -0.15) is 0 Å². The molecule has 0 heterocycles. The largest absolute Gasteiger partial charge is 0.500 e. The first-order valence-corrected chi connectivity index (χ1v) is 9.71. The van der Waals surface area contributed by atoms with Gasteiger partial charge in [-0.1, -0.05) is 25.8 Å². The van der Waals surface area contributed by atoms with E-state index in [0.29, 0.717) is 8.80 Å². The Balaban J connectivity index is 4.60. The van der Waals surface area contributed by atoms with Crippen LogP contribution in [0.4, 0.5) is 0 Å². The molecule has 0 radical (unpaired) electrons. The Bertz CT molecular complexity index is 331. The molecule has 0 bridgehead atoms. The van der Waals surface area contributed by atoms with E-state index in [0.717, 1.165) is 38.5 Å². The number of hydrogen-bond acceptors (Lipinski definition) is 4. The molecule has 0 aliphatic heterocycles. The molecule has 21 heavy (non-hydrogen) atoms. The summed E-state index contributed by atoms with van der Waals surface area (Å²) in [5.74, 6) is 0. The van der Waals surface area contributed by atoms with Crippen LogP contribution in [-0.4, -0.2) is 58.6 Å². The highest BCUT2D eigenvalue weighted by Crippen LogP contribution is 2.20. The van der Waals surface area contributed by atoms with Gasteiger partial charge in [-0.3, -0.25) is 4.48 Å². The molecule has 122 valence electrons. The summed E-state index contributed by atoms with van der Waals surface area (Å²) >= 11 is 9.73. The van der Waals surface area contributed by atoms with Crippen molar-refractivity contribution >= 4 is 38.0 Å². The van der Waals surface area contributed by atoms with Crippen molar-refractivity contribution in [3.05, 3.63) is 25.3 Å². The van der Waals surface area contributed by atoms with Gasteiger partial charge in [0.2, 0.25) is 4.32 Å². The van der Waals surface area contributed by atoms with E-state index in [1.54, 1.807) is 21.3 Å². The molecule has 0 amide bonds. The van der Waals surface area contributed by atoms with Gasteiger partial charge in [0, 0.05) is 27.4 Å². The molecule has 0 aliphatic rings. The van der Waals surface area contributed by atoms with Gasteiger partial charge in [-0.25, -0.2) is 0 Å². The zero-order valence-electron chi connectivity index (χ0n) is 13.3. The van der Waals surface area contributed by atoms with Crippen LogP contribution in [0.25, 0.3) is 0 Å². The third-order valence-electron chi connectivity index (χ3n) is 3.62. The fourth-order valence-corrected chi connectivity index (χ4v) is 4.61. The zero-order chi connectivity index (χ0) is 16.4. The van der Waals surface area contributed by atoms with Gasteiger partial charge in [-0.05, 0) is 37.2 Å². The lowest BCUT2D eigenvalue weighted by Crippen LogP contribution is -2.51. The summed E-state index contributed by atoms with van der Waals surface area (Å²) in [7, 11) is 2.43. The second-order valence-corrected chi connectivity index (χ2v) is 9.05. The molecular weight excluding hydrogens is 322 g/mol. The van der Waals surface area contributed by atoms with Gasteiger partial charge in [-0.15, -0.1) is 0 Å². The van der Waals surface area contributed by atoms with Crippen LogP contribution in [0.2, 0.25) is 6.04 Å². The van der Waals surface area contributed by atoms with Gasteiger partial charge in [0.05, 0.1) is 6.54 Å². The first kappa shape index (κ1) is 21.0. The fraction of sp³-hybridized carbons (Fsp3) is 0.643. The van der Waals surface area contributed by atoms with Gasteiger partial charge >= 0.3 is 8.80 Å². The molecule has 0 aromatic heterocycles. The van der Waals surface area contributed by atoms with Gasteiger partial charge < -0.3 is 13.3 Å². The molecule has 0 rings (SSSR count). The topological polar surface area (TPSA) is 27.7 Å². The Morgan fingerprint density at radius 2 is 1.57 bits per heavy atom. The molecule has 0 unspecified atom stereocenters. The summed E-state index contributed by atoms with van der Waals surface area (Å²) in [4.78, 5) is 0. The van der Waals surface area contributed by atoms with Crippen molar-refractivity contribution in [3.8, 4) is 0 Å². The maximum Gasteiger partial charge on any atom is 0.500 e. The van der Waals surface area contributed by atoms with E-state index in [1.807, 2.05) is 12.2 Å². The van der Waals surface area contributed by atoms with E-state index < -0.39 is 8.80 Å². The van der Waals surface area contributed by atoms with Gasteiger partial charge in [0.1, 0.15) is 13.1 Å². The van der Waals surface area contributed by atoms with E-state index in [4.69, 9.17) is 25.5 Å². The maximum atomic E-state index is 5.43. The summed E-state index contributed by atoms with van der Waals surface area (Å²) in [6.07, 6.45) is 5.69. The van der Waals surface area contributed by atoms with Crippen LogP contribution in [-0.2, 0) is 13.3 Å². The highest BCUT2D eigenvalue weighted by atomic mass is 32.1. The van der Waals surface area contributed by atoms with Crippen molar-refractivity contribution < 1.29 is 17.8 Å². The predicted molar refractivity (Wildman–Crippen MR) is 97.7 cm³/mol. The van der Waals surface area contributed by atoms with Crippen LogP contribution in [0.15, 0.2) is 25.3 Å². The highest BCUT2D eigenvalue weighted by molar-refractivity contribution is 8.10. The van der Waals surface area contributed by atoms with Crippen LogP contribution in [0.1, 0.15) is 12.8 Å². The van der Waals surface area contributed by atoms with Gasteiger partial charge in [0.25, 0.3) is 0 Å². The maximum absolute atomic E-state index is 5.43. The minimum atomic E-state index is -2.48. The number of thiocarbonyl (C=S) groups is 1. The van der Waals surface area contributed by atoms with Crippen molar-refractivity contribution in [2.75, 3.05) is 41.0 Å². The SMILES string of the molecule is C=CC[N+](CC=C)(CCCC[Si](OC)(OC)OC)C(=S)S. The number of hydrogen-bond donors (Lipinski definition) is 1. The minimum Gasteiger partial charge on any atom is -0.377 e. The van der Waals surface area contributed by atoms with E-state index >= 15 is 0 Å². The highest BCUT2D eigenvalue weighted by Gasteiger charge is 2.37. The summed E-state index contributed by atoms with van der Waals surface area (Å²) in [6, 6.07) is 0.790. The second kappa shape index (κ2) is 10.7. The minimum absolute atomic E-state index is 0.604. The van der Waals surface area contributed by atoms with E-state index in [-0.39, 0.29) is 0 Å². The average molecular weight is 351 g/mol. The Kier molecular flexibility index (Phi) is 10.6. The Morgan fingerprint density at radius 1 is 1.10 bits per heavy atom. The standard InChI is InChI=1S/C14H27NO3S2Si/c1-6-10-15(11-7-2,14(19)20)12-8-9-13-21(16-3,17-4)18-5/h6-7H,1-2,8-13H2,3-5H3/p+1. The first-order valence-electron chi connectivity index (χ1n) is 6.92. The molecule has 0 spiro atoms. The zero-order valence-corrected chi connectivity index (χ0v) is 16.0. The molecule has 0 atom stereocenters. The fourth-order valence-electron chi connectivity index (χ4n) is 2.32. The molecule has 0 N–H and O–H groups in total. The predicted octanol–water partition coefficient (Wildman–Crippen LogP) is 3.05. The first-order chi connectivity index (χ1) is 9.95. The molecule has 7 heteroatoms. The Hall–Kier alpha value is -0.0231.